The minimum absolute atomic E-state index is 0.184. The van der Waals surface area contributed by atoms with Crippen LogP contribution in [0.2, 0.25) is 0 Å². The lowest BCUT2D eigenvalue weighted by Crippen LogP contribution is -2.27. The van der Waals surface area contributed by atoms with E-state index in [9.17, 15) is 8.78 Å². The first-order valence-electron chi connectivity index (χ1n) is 4.74. The van der Waals surface area contributed by atoms with Crippen LogP contribution >= 0.6 is 0 Å². The Morgan fingerprint density at radius 1 is 1.25 bits per heavy atom. The molecule has 0 aromatic rings. The Bertz CT molecular complexity index is 126. The molecule has 2 unspecified atom stereocenters. The molecule has 0 spiro atoms. The van der Waals surface area contributed by atoms with Gasteiger partial charge in [-0.25, -0.2) is 8.78 Å². The van der Waals surface area contributed by atoms with E-state index in [1.165, 1.54) is 0 Å². The molecular weight excluding hydrogens is 160 g/mol. The van der Waals surface area contributed by atoms with Gasteiger partial charge in [-0.05, 0) is 31.7 Å². The lowest BCUT2D eigenvalue weighted by Gasteiger charge is -2.30. The summed E-state index contributed by atoms with van der Waals surface area (Å²) in [6.45, 7) is 0.549. The Balaban J connectivity index is 2.42. The van der Waals surface area contributed by atoms with Crippen molar-refractivity contribution in [3.05, 3.63) is 0 Å². The molecule has 1 rings (SSSR count). The van der Waals surface area contributed by atoms with Crippen LogP contribution in [0, 0.1) is 11.8 Å². The minimum Gasteiger partial charge on any atom is -0.330 e. The molecule has 2 N–H and O–H groups in total. The number of halogens is 2. The van der Waals surface area contributed by atoms with Crippen LogP contribution in [0.25, 0.3) is 0 Å². The molecule has 3 heteroatoms. The minimum atomic E-state index is -2.14. The maximum absolute atomic E-state index is 12.5. The van der Waals surface area contributed by atoms with Crippen molar-refractivity contribution in [3.63, 3.8) is 0 Å². The molecule has 2 atom stereocenters. The van der Waals surface area contributed by atoms with Crippen molar-refractivity contribution < 1.29 is 8.78 Å². The summed E-state index contributed by atoms with van der Waals surface area (Å²) in [5, 5.41) is 0. The van der Waals surface area contributed by atoms with Gasteiger partial charge in [-0.1, -0.05) is 12.8 Å². The first kappa shape index (κ1) is 9.90. The Labute approximate surface area is 72.3 Å². The van der Waals surface area contributed by atoms with Gasteiger partial charge in [-0.3, -0.25) is 0 Å². The molecule has 1 nitrogen and oxygen atoms in total. The van der Waals surface area contributed by atoms with Crippen LogP contribution in [0.3, 0.4) is 0 Å². The predicted molar refractivity (Wildman–Crippen MR) is 45.1 cm³/mol. The van der Waals surface area contributed by atoms with E-state index in [4.69, 9.17) is 5.73 Å². The smallest absolute Gasteiger partial charge is 0.241 e. The zero-order valence-electron chi connectivity index (χ0n) is 7.31. The highest BCUT2D eigenvalue weighted by atomic mass is 19.3. The monoisotopic (exact) mass is 177 g/mol. The third-order valence-corrected chi connectivity index (χ3v) is 2.83. The van der Waals surface area contributed by atoms with Crippen molar-refractivity contribution >= 4 is 0 Å². The van der Waals surface area contributed by atoms with Crippen molar-refractivity contribution in [3.8, 4) is 0 Å². The Hall–Kier alpha value is -0.180. The molecule has 72 valence electrons. The van der Waals surface area contributed by atoms with Gasteiger partial charge in [0.2, 0.25) is 6.43 Å². The summed E-state index contributed by atoms with van der Waals surface area (Å²) in [4.78, 5) is 0. The zero-order valence-corrected chi connectivity index (χ0v) is 7.31. The van der Waals surface area contributed by atoms with Gasteiger partial charge >= 0.3 is 0 Å². The third kappa shape index (κ3) is 2.41. The van der Waals surface area contributed by atoms with Crippen molar-refractivity contribution in [1.82, 2.24) is 0 Å². The fraction of sp³-hybridized carbons (Fsp3) is 1.00. The van der Waals surface area contributed by atoms with Crippen LogP contribution in [0.15, 0.2) is 0 Å². The van der Waals surface area contributed by atoms with Crippen molar-refractivity contribution in [1.29, 1.82) is 0 Å². The molecule has 0 bridgehead atoms. The molecule has 0 aromatic carbocycles. The maximum Gasteiger partial charge on any atom is 0.241 e. The fourth-order valence-corrected chi connectivity index (χ4v) is 2.14. The molecule has 0 aliphatic heterocycles. The zero-order chi connectivity index (χ0) is 8.97. The van der Waals surface area contributed by atoms with Gasteiger partial charge in [0.15, 0.2) is 0 Å². The van der Waals surface area contributed by atoms with Crippen LogP contribution in [-0.4, -0.2) is 13.0 Å². The summed E-state index contributed by atoms with van der Waals surface area (Å²) >= 11 is 0. The van der Waals surface area contributed by atoms with Crippen LogP contribution in [-0.2, 0) is 0 Å². The highest BCUT2D eigenvalue weighted by Gasteiger charge is 2.31. The summed E-state index contributed by atoms with van der Waals surface area (Å²) in [5.74, 6) is -0.189. The van der Waals surface area contributed by atoms with E-state index in [1.54, 1.807) is 0 Å². The normalized spacial score (nSPS) is 31.0. The van der Waals surface area contributed by atoms with E-state index in [-0.39, 0.29) is 11.8 Å². The molecule has 0 heterocycles. The second-order valence-electron chi connectivity index (χ2n) is 3.62. The lowest BCUT2D eigenvalue weighted by atomic mass is 9.78. The molecule has 0 amide bonds. The largest absolute Gasteiger partial charge is 0.330 e. The number of hydrogen-bond acceptors (Lipinski definition) is 1. The van der Waals surface area contributed by atoms with Crippen molar-refractivity contribution in [2.45, 2.75) is 38.5 Å². The second-order valence-corrected chi connectivity index (χ2v) is 3.62. The summed E-state index contributed by atoms with van der Waals surface area (Å²) in [6, 6.07) is 0. The second kappa shape index (κ2) is 4.75. The first-order valence-corrected chi connectivity index (χ1v) is 4.74. The molecule has 1 aliphatic carbocycles. The molecule has 1 aliphatic rings. The predicted octanol–water partition coefficient (Wildman–Crippen LogP) is 2.41. The lowest BCUT2D eigenvalue weighted by molar-refractivity contribution is 0.0194. The van der Waals surface area contributed by atoms with E-state index in [1.807, 2.05) is 0 Å². The SMILES string of the molecule is NCCC1CCCCC1C(F)F. The number of nitrogens with two attached hydrogens (primary N) is 1. The first-order chi connectivity index (χ1) is 5.75. The summed E-state index contributed by atoms with van der Waals surface area (Å²) < 4.78 is 24.9. The molecule has 0 radical (unpaired) electrons. The van der Waals surface area contributed by atoms with E-state index in [0.717, 1.165) is 25.7 Å². The molecular formula is C9H17F2N. The van der Waals surface area contributed by atoms with Crippen LogP contribution in [0.5, 0.6) is 0 Å². The maximum atomic E-state index is 12.5. The van der Waals surface area contributed by atoms with E-state index in [0.29, 0.717) is 13.0 Å². The molecule has 1 fully saturated rings. The summed E-state index contributed by atoms with van der Waals surface area (Å²) in [5.41, 5.74) is 5.38. The van der Waals surface area contributed by atoms with Crippen LogP contribution in [0.4, 0.5) is 8.78 Å². The van der Waals surface area contributed by atoms with Crippen molar-refractivity contribution in [2.75, 3.05) is 6.54 Å². The quantitative estimate of drug-likeness (QED) is 0.703. The highest BCUT2D eigenvalue weighted by Crippen LogP contribution is 2.35. The topological polar surface area (TPSA) is 26.0 Å². The molecule has 12 heavy (non-hydrogen) atoms. The molecule has 0 aromatic heterocycles. The van der Waals surface area contributed by atoms with Crippen molar-refractivity contribution in [2.24, 2.45) is 17.6 Å². The van der Waals surface area contributed by atoms with Gasteiger partial charge in [0.05, 0.1) is 0 Å². The average molecular weight is 177 g/mol. The van der Waals surface area contributed by atoms with Gasteiger partial charge in [-0.2, -0.15) is 0 Å². The average Bonchev–Trinajstić information content (AvgIpc) is 2.05. The van der Waals surface area contributed by atoms with Gasteiger partial charge in [-0.15, -0.1) is 0 Å². The van der Waals surface area contributed by atoms with Gasteiger partial charge in [0.25, 0.3) is 0 Å². The van der Waals surface area contributed by atoms with E-state index in [2.05, 4.69) is 0 Å². The summed E-state index contributed by atoms with van der Waals surface area (Å²) in [6.07, 6.45) is 2.36. The number of alkyl halides is 2. The Morgan fingerprint density at radius 2 is 1.92 bits per heavy atom. The van der Waals surface area contributed by atoms with Gasteiger partial charge in [0, 0.05) is 5.92 Å². The molecule has 1 saturated carbocycles. The summed E-state index contributed by atoms with van der Waals surface area (Å²) in [7, 11) is 0. The number of hydrogen-bond donors (Lipinski definition) is 1. The van der Waals surface area contributed by atoms with Crippen LogP contribution in [0.1, 0.15) is 32.1 Å². The Morgan fingerprint density at radius 3 is 2.50 bits per heavy atom. The van der Waals surface area contributed by atoms with E-state index >= 15 is 0 Å². The van der Waals surface area contributed by atoms with E-state index < -0.39 is 6.43 Å². The van der Waals surface area contributed by atoms with Gasteiger partial charge < -0.3 is 5.73 Å². The highest BCUT2D eigenvalue weighted by molar-refractivity contribution is 4.77. The van der Waals surface area contributed by atoms with Crippen LogP contribution < -0.4 is 5.73 Å². The standard InChI is InChI=1S/C9H17F2N/c10-9(11)8-4-2-1-3-7(8)5-6-12/h7-9H,1-6,12H2. The molecule has 0 saturated heterocycles. The third-order valence-electron chi connectivity index (χ3n) is 2.83. The van der Waals surface area contributed by atoms with Gasteiger partial charge in [0.1, 0.15) is 0 Å². The fourth-order valence-electron chi connectivity index (χ4n) is 2.14. The Kier molecular flexibility index (Phi) is 3.92. The number of rotatable bonds is 3.